The molecule has 0 spiro atoms. The Balaban J connectivity index is 1.56. The van der Waals surface area contributed by atoms with E-state index in [1.165, 1.54) is 49.7 Å². The van der Waals surface area contributed by atoms with E-state index >= 15 is 0 Å². The van der Waals surface area contributed by atoms with Crippen molar-refractivity contribution >= 4 is 12.0 Å². The molecule has 4 aliphatic carbocycles. The van der Waals surface area contributed by atoms with Crippen molar-refractivity contribution in [1.82, 2.24) is 0 Å². The molecule has 4 nitrogen and oxygen atoms in total. The van der Waals surface area contributed by atoms with Crippen LogP contribution in [-0.4, -0.2) is 18.2 Å². The predicted molar refractivity (Wildman–Crippen MR) is 123 cm³/mol. The number of ether oxygens (including phenoxy) is 1. The average Bonchev–Trinajstić information content (AvgIpc) is 2.76. The van der Waals surface area contributed by atoms with Crippen molar-refractivity contribution in [3.8, 4) is 16.9 Å². The third-order valence-electron chi connectivity index (χ3n) is 7.89. The largest absolute Gasteiger partial charge is 0.496 e. The van der Waals surface area contributed by atoms with Crippen molar-refractivity contribution in [2.75, 3.05) is 7.11 Å². The SMILES string of the molecule is COc1ccc(-c2ccc(/C=C/C(=O)O)cc2CN)cc1C12CC3CC(CC(C3)C1)C2. The molecule has 6 rings (SSSR count). The normalized spacial score (nSPS) is 28.9. The molecular weight excluding hydrogens is 386 g/mol. The second-order valence-corrected chi connectivity index (χ2v) is 9.91. The van der Waals surface area contributed by atoms with E-state index < -0.39 is 5.97 Å². The van der Waals surface area contributed by atoms with Gasteiger partial charge in [0.05, 0.1) is 7.11 Å². The number of methoxy groups -OCH3 is 1. The lowest BCUT2D eigenvalue weighted by Gasteiger charge is -2.57. The Morgan fingerprint density at radius 2 is 1.77 bits per heavy atom. The van der Waals surface area contributed by atoms with Gasteiger partial charge in [0.2, 0.25) is 0 Å². The summed E-state index contributed by atoms with van der Waals surface area (Å²) in [5.74, 6) is 2.69. The number of carboxylic acid groups (broad SMARTS) is 1. The fourth-order valence-corrected chi connectivity index (χ4v) is 7.07. The quantitative estimate of drug-likeness (QED) is 0.619. The van der Waals surface area contributed by atoms with Crippen LogP contribution in [0.1, 0.15) is 55.2 Å². The Kier molecular flexibility index (Phi) is 5.13. The summed E-state index contributed by atoms with van der Waals surface area (Å²) in [6, 6.07) is 12.6. The molecule has 0 radical (unpaired) electrons. The predicted octanol–water partition coefficient (Wildman–Crippen LogP) is 5.39. The summed E-state index contributed by atoms with van der Waals surface area (Å²) >= 11 is 0. The molecule has 4 bridgehead atoms. The van der Waals surface area contributed by atoms with Gasteiger partial charge in [0.1, 0.15) is 5.75 Å². The van der Waals surface area contributed by atoms with Crippen LogP contribution in [0.25, 0.3) is 17.2 Å². The lowest BCUT2D eigenvalue weighted by Crippen LogP contribution is -2.48. The number of hydrogen-bond donors (Lipinski definition) is 2. The number of nitrogens with two attached hydrogens (primary N) is 1. The topological polar surface area (TPSA) is 72.5 Å². The fraction of sp³-hybridized carbons (Fsp3) is 0.444. The van der Waals surface area contributed by atoms with Gasteiger partial charge in [-0.1, -0.05) is 18.2 Å². The number of rotatable bonds is 6. The van der Waals surface area contributed by atoms with Gasteiger partial charge in [0.25, 0.3) is 0 Å². The van der Waals surface area contributed by atoms with E-state index in [9.17, 15) is 4.79 Å². The van der Waals surface area contributed by atoms with Crippen LogP contribution in [0.5, 0.6) is 5.75 Å². The molecule has 162 valence electrons. The standard InChI is InChI=1S/C27H31NO3/c1-31-25-6-4-21(23-5-2-17(3-7-26(29)30)11-22(23)16-28)12-24(25)27-13-18-8-19(14-27)10-20(9-18)15-27/h2-7,11-12,18-20H,8-10,13-16,28H2,1H3,(H,29,30)/b7-3+. The molecule has 31 heavy (non-hydrogen) atoms. The maximum absolute atomic E-state index is 10.9. The number of aliphatic carboxylic acids is 1. The Morgan fingerprint density at radius 3 is 2.35 bits per heavy atom. The number of carbonyl (C=O) groups is 1. The molecule has 0 atom stereocenters. The molecule has 0 aromatic heterocycles. The van der Waals surface area contributed by atoms with Crippen LogP contribution in [0.4, 0.5) is 0 Å². The Bertz CT molecular complexity index is 1000. The summed E-state index contributed by atoms with van der Waals surface area (Å²) in [6.45, 7) is 0.406. The van der Waals surface area contributed by atoms with Gasteiger partial charge in [0, 0.05) is 18.2 Å². The van der Waals surface area contributed by atoms with Crippen LogP contribution in [0.3, 0.4) is 0 Å². The van der Waals surface area contributed by atoms with Crippen LogP contribution >= 0.6 is 0 Å². The summed E-state index contributed by atoms with van der Waals surface area (Å²) in [5.41, 5.74) is 11.9. The minimum Gasteiger partial charge on any atom is -0.496 e. The van der Waals surface area contributed by atoms with E-state index in [0.717, 1.165) is 46.3 Å². The van der Waals surface area contributed by atoms with E-state index in [4.69, 9.17) is 15.6 Å². The number of carboxylic acids is 1. The third kappa shape index (κ3) is 3.67. The third-order valence-corrected chi connectivity index (χ3v) is 7.89. The first-order valence-electron chi connectivity index (χ1n) is 11.4. The first kappa shape index (κ1) is 20.3. The van der Waals surface area contributed by atoms with Crippen molar-refractivity contribution in [2.45, 2.75) is 50.5 Å². The highest BCUT2D eigenvalue weighted by Crippen LogP contribution is 2.62. The number of hydrogen-bond acceptors (Lipinski definition) is 3. The summed E-state index contributed by atoms with van der Waals surface area (Å²) in [4.78, 5) is 10.9. The van der Waals surface area contributed by atoms with Crippen LogP contribution in [0.2, 0.25) is 0 Å². The molecule has 0 aliphatic heterocycles. The molecule has 4 heteroatoms. The molecule has 2 aromatic carbocycles. The van der Waals surface area contributed by atoms with Gasteiger partial charge >= 0.3 is 5.97 Å². The zero-order chi connectivity index (χ0) is 21.6. The monoisotopic (exact) mass is 417 g/mol. The van der Waals surface area contributed by atoms with E-state index in [-0.39, 0.29) is 5.41 Å². The minimum atomic E-state index is -0.950. The molecular formula is C27H31NO3. The molecule has 0 heterocycles. The van der Waals surface area contributed by atoms with Gasteiger partial charge in [0.15, 0.2) is 0 Å². The summed E-state index contributed by atoms with van der Waals surface area (Å²) in [6.07, 6.45) is 10.9. The molecule has 0 unspecified atom stereocenters. The van der Waals surface area contributed by atoms with Gasteiger partial charge in [-0.25, -0.2) is 4.79 Å². The molecule has 3 N–H and O–H groups in total. The van der Waals surface area contributed by atoms with Crippen molar-refractivity contribution in [1.29, 1.82) is 0 Å². The van der Waals surface area contributed by atoms with E-state index in [0.29, 0.717) is 6.54 Å². The zero-order valence-corrected chi connectivity index (χ0v) is 18.1. The smallest absolute Gasteiger partial charge is 0.328 e. The first-order chi connectivity index (χ1) is 15.0. The van der Waals surface area contributed by atoms with Crippen molar-refractivity contribution in [2.24, 2.45) is 23.5 Å². The Labute approximate surface area is 184 Å². The van der Waals surface area contributed by atoms with E-state index in [1.54, 1.807) is 13.2 Å². The number of benzene rings is 2. The second kappa shape index (κ2) is 7.83. The van der Waals surface area contributed by atoms with Crippen molar-refractivity contribution in [3.63, 3.8) is 0 Å². The van der Waals surface area contributed by atoms with Gasteiger partial charge in [-0.05, 0) is 108 Å². The van der Waals surface area contributed by atoms with Gasteiger partial charge in [-0.2, -0.15) is 0 Å². The maximum Gasteiger partial charge on any atom is 0.328 e. The van der Waals surface area contributed by atoms with Crippen LogP contribution in [0, 0.1) is 17.8 Å². The highest BCUT2D eigenvalue weighted by atomic mass is 16.5. The van der Waals surface area contributed by atoms with Gasteiger partial charge in [-0.15, -0.1) is 0 Å². The highest BCUT2D eigenvalue weighted by molar-refractivity contribution is 5.85. The summed E-state index contributed by atoms with van der Waals surface area (Å²) < 4.78 is 5.87. The molecule has 4 aliphatic rings. The molecule has 0 saturated heterocycles. The lowest BCUT2D eigenvalue weighted by atomic mass is 9.48. The summed E-state index contributed by atoms with van der Waals surface area (Å²) in [5, 5.41) is 8.91. The highest BCUT2D eigenvalue weighted by Gasteiger charge is 2.52. The van der Waals surface area contributed by atoms with E-state index in [2.05, 4.69) is 24.3 Å². The first-order valence-corrected chi connectivity index (χ1v) is 11.4. The van der Waals surface area contributed by atoms with Crippen LogP contribution in [0.15, 0.2) is 42.5 Å². The minimum absolute atomic E-state index is 0.253. The van der Waals surface area contributed by atoms with Gasteiger partial charge < -0.3 is 15.6 Å². The maximum atomic E-state index is 10.9. The lowest BCUT2D eigenvalue weighted by molar-refractivity contribution is -0.131. The Morgan fingerprint density at radius 1 is 1.10 bits per heavy atom. The summed E-state index contributed by atoms with van der Waals surface area (Å²) in [7, 11) is 1.79. The second-order valence-electron chi connectivity index (χ2n) is 9.91. The fourth-order valence-electron chi connectivity index (χ4n) is 7.07. The van der Waals surface area contributed by atoms with Crippen LogP contribution < -0.4 is 10.5 Å². The van der Waals surface area contributed by atoms with Gasteiger partial charge in [-0.3, -0.25) is 0 Å². The zero-order valence-electron chi connectivity index (χ0n) is 18.1. The molecule has 4 saturated carbocycles. The Hall–Kier alpha value is -2.59. The van der Waals surface area contributed by atoms with E-state index in [1.807, 2.05) is 12.1 Å². The molecule has 4 fully saturated rings. The van der Waals surface area contributed by atoms with Crippen molar-refractivity contribution < 1.29 is 14.6 Å². The van der Waals surface area contributed by atoms with Crippen LogP contribution in [-0.2, 0) is 16.8 Å². The average molecular weight is 418 g/mol. The molecule has 2 aromatic rings. The van der Waals surface area contributed by atoms with Crippen molar-refractivity contribution in [3.05, 3.63) is 59.2 Å². The molecule has 0 amide bonds.